The Morgan fingerprint density at radius 1 is 1.17 bits per heavy atom. The molecule has 2 rings (SSSR count). The van der Waals surface area contributed by atoms with Crippen molar-refractivity contribution in [2.75, 3.05) is 20.8 Å². The summed E-state index contributed by atoms with van der Waals surface area (Å²) in [7, 11) is 3.16. The smallest absolute Gasteiger partial charge is 0.255 e. The average Bonchev–Trinajstić information content (AvgIpc) is 2.61. The summed E-state index contributed by atoms with van der Waals surface area (Å²) in [5.74, 6) is 1.09. The van der Waals surface area contributed by atoms with Crippen LogP contribution >= 0.6 is 23.2 Å². The molecule has 0 saturated carbocycles. The van der Waals surface area contributed by atoms with E-state index in [9.17, 15) is 4.79 Å². The Balaban J connectivity index is 2.22. The van der Waals surface area contributed by atoms with Crippen molar-refractivity contribution in [2.24, 2.45) is 0 Å². The quantitative estimate of drug-likeness (QED) is 0.721. The fourth-order valence-corrected chi connectivity index (χ4v) is 2.52. The molecule has 0 radical (unpaired) electrons. The number of nitrogens with zero attached hydrogens (tertiary/aromatic N) is 2. The molecule has 7 heteroatoms. The molecule has 1 amide bonds. The number of ether oxygens (including phenoxy) is 2. The topological polar surface area (TPSA) is 51.7 Å². The second-order valence-corrected chi connectivity index (χ2v) is 5.77. The number of halogens is 2. The summed E-state index contributed by atoms with van der Waals surface area (Å²) in [6, 6.07) is 7.08. The number of methoxy groups -OCH3 is 2. The zero-order chi connectivity index (χ0) is 17.7. The van der Waals surface area contributed by atoms with Crippen molar-refractivity contribution in [1.29, 1.82) is 0 Å². The SMILES string of the molecule is CCN(Cc1ccc(OC)c(OC)c1)C(=O)c1cnc(Cl)c(Cl)c1. The van der Waals surface area contributed by atoms with Gasteiger partial charge in [-0.1, -0.05) is 29.3 Å². The van der Waals surface area contributed by atoms with Gasteiger partial charge in [0.25, 0.3) is 5.91 Å². The fourth-order valence-electron chi connectivity index (χ4n) is 2.25. The van der Waals surface area contributed by atoms with Crippen LogP contribution in [0.4, 0.5) is 0 Å². The molecule has 2 aromatic rings. The van der Waals surface area contributed by atoms with Gasteiger partial charge in [0.05, 0.1) is 24.8 Å². The molecular formula is C17H18Cl2N2O3. The average molecular weight is 369 g/mol. The Bertz CT molecular complexity index is 738. The van der Waals surface area contributed by atoms with Crippen LogP contribution in [0.3, 0.4) is 0 Å². The number of benzene rings is 1. The van der Waals surface area contributed by atoms with Crippen LogP contribution < -0.4 is 9.47 Å². The second-order valence-electron chi connectivity index (χ2n) is 5.01. The highest BCUT2D eigenvalue weighted by Gasteiger charge is 2.17. The largest absolute Gasteiger partial charge is 0.493 e. The minimum Gasteiger partial charge on any atom is -0.493 e. The van der Waals surface area contributed by atoms with Crippen LogP contribution in [0, 0.1) is 0 Å². The number of rotatable bonds is 6. The summed E-state index contributed by atoms with van der Waals surface area (Å²) < 4.78 is 10.5. The number of hydrogen-bond donors (Lipinski definition) is 0. The van der Waals surface area contributed by atoms with E-state index in [1.807, 2.05) is 25.1 Å². The molecule has 0 atom stereocenters. The Morgan fingerprint density at radius 2 is 1.88 bits per heavy atom. The summed E-state index contributed by atoms with van der Waals surface area (Å²) in [5, 5.41) is 0.431. The maximum absolute atomic E-state index is 12.6. The molecule has 1 heterocycles. The predicted octanol–water partition coefficient (Wildman–Crippen LogP) is 4.07. The van der Waals surface area contributed by atoms with Gasteiger partial charge in [0.1, 0.15) is 5.15 Å². The molecule has 0 aliphatic carbocycles. The normalized spacial score (nSPS) is 10.4. The van der Waals surface area contributed by atoms with Crippen molar-refractivity contribution in [3.8, 4) is 11.5 Å². The molecule has 5 nitrogen and oxygen atoms in total. The van der Waals surface area contributed by atoms with Crippen LogP contribution in [-0.4, -0.2) is 36.6 Å². The molecule has 0 spiro atoms. The lowest BCUT2D eigenvalue weighted by Gasteiger charge is -2.21. The molecule has 0 bridgehead atoms. The molecular weight excluding hydrogens is 351 g/mol. The third-order valence-corrected chi connectivity index (χ3v) is 4.22. The monoisotopic (exact) mass is 368 g/mol. The first-order valence-electron chi connectivity index (χ1n) is 7.31. The second kappa shape index (κ2) is 8.22. The zero-order valence-corrected chi connectivity index (χ0v) is 15.2. The maximum Gasteiger partial charge on any atom is 0.255 e. The van der Waals surface area contributed by atoms with Crippen LogP contribution in [0.1, 0.15) is 22.8 Å². The third-order valence-electron chi connectivity index (χ3n) is 3.53. The van der Waals surface area contributed by atoms with E-state index in [-0.39, 0.29) is 16.1 Å². The number of aromatic nitrogens is 1. The summed E-state index contributed by atoms with van der Waals surface area (Å²) in [6.07, 6.45) is 1.42. The van der Waals surface area contributed by atoms with Crippen molar-refractivity contribution in [1.82, 2.24) is 9.88 Å². The molecule has 1 aromatic carbocycles. The number of amides is 1. The van der Waals surface area contributed by atoms with Crippen LogP contribution in [0.15, 0.2) is 30.5 Å². The minimum atomic E-state index is -0.168. The Kier molecular flexibility index (Phi) is 6.29. The maximum atomic E-state index is 12.6. The number of carbonyl (C=O) groups is 1. The first-order valence-corrected chi connectivity index (χ1v) is 8.07. The molecule has 1 aromatic heterocycles. The van der Waals surface area contributed by atoms with Crippen molar-refractivity contribution in [3.05, 3.63) is 51.8 Å². The molecule has 128 valence electrons. The van der Waals surface area contributed by atoms with Crippen LogP contribution in [0.5, 0.6) is 11.5 Å². The van der Waals surface area contributed by atoms with Crippen molar-refractivity contribution in [2.45, 2.75) is 13.5 Å². The van der Waals surface area contributed by atoms with Gasteiger partial charge in [-0.2, -0.15) is 0 Å². The van der Waals surface area contributed by atoms with Crippen molar-refractivity contribution >= 4 is 29.1 Å². The van der Waals surface area contributed by atoms with Gasteiger partial charge >= 0.3 is 0 Å². The van der Waals surface area contributed by atoms with Crippen LogP contribution in [-0.2, 0) is 6.54 Å². The van der Waals surface area contributed by atoms with Crippen molar-refractivity contribution < 1.29 is 14.3 Å². The summed E-state index contributed by atoms with van der Waals surface area (Å²) in [6.45, 7) is 2.87. The molecule has 0 N–H and O–H groups in total. The van der Waals surface area contributed by atoms with Gasteiger partial charge in [-0.25, -0.2) is 4.98 Å². The van der Waals surface area contributed by atoms with E-state index in [0.29, 0.717) is 30.2 Å². The van der Waals surface area contributed by atoms with Crippen LogP contribution in [0.25, 0.3) is 0 Å². The van der Waals surface area contributed by atoms with E-state index in [1.54, 1.807) is 19.1 Å². The summed E-state index contributed by atoms with van der Waals surface area (Å²) in [5.41, 5.74) is 1.32. The lowest BCUT2D eigenvalue weighted by atomic mass is 10.1. The lowest BCUT2D eigenvalue weighted by molar-refractivity contribution is 0.0752. The molecule has 0 unspecified atom stereocenters. The number of hydrogen-bond acceptors (Lipinski definition) is 4. The highest BCUT2D eigenvalue weighted by atomic mass is 35.5. The molecule has 0 aliphatic heterocycles. The first kappa shape index (κ1) is 18.4. The van der Waals surface area contributed by atoms with E-state index in [2.05, 4.69) is 4.98 Å². The van der Waals surface area contributed by atoms with E-state index < -0.39 is 0 Å². The Labute approximate surface area is 151 Å². The predicted molar refractivity (Wildman–Crippen MR) is 94.2 cm³/mol. The minimum absolute atomic E-state index is 0.168. The van der Waals surface area contributed by atoms with E-state index >= 15 is 0 Å². The van der Waals surface area contributed by atoms with Gasteiger partial charge < -0.3 is 14.4 Å². The third kappa shape index (κ3) is 4.10. The fraction of sp³-hybridized carbons (Fsp3) is 0.294. The van der Waals surface area contributed by atoms with Gasteiger partial charge in [0.2, 0.25) is 0 Å². The van der Waals surface area contributed by atoms with E-state index in [1.165, 1.54) is 12.3 Å². The number of pyridine rings is 1. The van der Waals surface area contributed by atoms with Gasteiger partial charge in [0, 0.05) is 19.3 Å². The molecule has 0 fully saturated rings. The van der Waals surface area contributed by atoms with Gasteiger partial charge in [-0.15, -0.1) is 0 Å². The van der Waals surface area contributed by atoms with Crippen LogP contribution in [0.2, 0.25) is 10.2 Å². The highest BCUT2D eigenvalue weighted by Crippen LogP contribution is 2.28. The van der Waals surface area contributed by atoms with Crippen molar-refractivity contribution in [3.63, 3.8) is 0 Å². The molecule has 0 aliphatic rings. The Morgan fingerprint density at radius 3 is 2.46 bits per heavy atom. The van der Waals surface area contributed by atoms with Gasteiger partial charge in [0.15, 0.2) is 11.5 Å². The molecule has 0 saturated heterocycles. The number of carbonyl (C=O) groups excluding carboxylic acids is 1. The Hall–Kier alpha value is -1.98. The summed E-state index contributed by atoms with van der Waals surface area (Å²) in [4.78, 5) is 18.3. The van der Waals surface area contributed by atoms with E-state index in [4.69, 9.17) is 32.7 Å². The standard InChI is InChI=1S/C17H18Cl2N2O3/c1-4-21(17(22)12-8-13(18)16(19)20-9-12)10-11-5-6-14(23-2)15(7-11)24-3/h5-9H,4,10H2,1-3H3. The van der Waals surface area contributed by atoms with Gasteiger partial charge in [-0.3, -0.25) is 4.79 Å². The lowest BCUT2D eigenvalue weighted by Crippen LogP contribution is -2.30. The van der Waals surface area contributed by atoms with E-state index in [0.717, 1.165) is 5.56 Å². The first-order chi connectivity index (χ1) is 11.5. The highest BCUT2D eigenvalue weighted by molar-refractivity contribution is 6.41. The van der Waals surface area contributed by atoms with Gasteiger partial charge in [-0.05, 0) is 30.7 Å². The summed E-state index contributed by atoms with van der Waals surface area (Å²) >= 11 is 11.7. The zero-order valence-electron chi connectivity index (χ0n) is 13.7. The molecule has 24 heavy (non-hydrogen) atoms.